The Kier molecular flexibility index (Phi) is 3.01. The molecule has 2 N–H and O–H groups in total. The average Bonchev–Trinajstić information content (AvgIpc) is 2.89. The standard InChI is InChI=1S/C16H12ClN3O2/c17-12-7-14-13(19-8-20-14)6-10(12)9-1-2-15-11(5-9)16(21)18-3-4-22-15/h1-2,5-8H,3-4H2,(H,18,21)(H,19,20). The van der Waals surface area contributed by atoms with E-state index >= 15 is 0 Å². The van der Waals surface area contributed by atoms with Crippen LogP contribution in [0.1, 0.15) is 10.4 Å². The van der Waals surface area contributed by atoms with Crippen molar-refractivity contribution in [2.24, 2.45) is 0 Å². The number of hydrogen-bond acceptors (Lipinski definition) is 3. The summed E-state index contributed by atoms with van der Waals surface area (Å²) in [7, 11) is 0. The number of aromatic nitrogens is 2. The van der Waals surface area contributed by atoms with Crippen molar-refractivity contribution in [3.63, 3.8) is 0 Å². The molecule has 3 aromatic rings. The number of benzene rings is 2. The number of ether oxygens (including phenoxy) is 1. The Hall–Kier alpha value is -2.53. The quantitative estimate of drug-likeness (QED) is 0.725. The summed E-state index contributed by atoms with van der Waals surface area (Å²) < 4.78 is 5.56. The van der Waals surface area contributed by atoms with Crippen molar-refractivity contribution >= 4 is 28.5 Å². The predicted octanol–water partition coefficient (Wildman–Crippen LogP) is 3.01. The van der Waals surface area contributed by atoms with Gasteiger partial charge in [0.15, 0.2) is 0 Å². The van der Waals surface area contributed by atoms with Crippen LogP contribution in [0.5, 0.6) is 5.75 Å². The summed E-state index contributed by atoms with van der Waals surface area (Å²) in [5.74, 6) is 0.460. The molecule has 4 rings (SSSR count). The highest BCUT2D eigenvalue weighted by Crippen LogP contribution is 2.34. The fourth-order valence-electron chi connectivity index (χ4n) is 2.60. The highest BCUT2D eigenvalue weighted by molar-refractivity contribution is 6.34. The molecule has 1 aliphatic heterocycles. The molecular formula is C16H12ClN3O2. The average molecular weight is 314 g/mol. The van der Waals surface area contributed by atoms with E-state index in [1.54, 1.807) is 18.5 Å². The van der Waals surface area contributed by atoms with Crippen LogP contribution in [0.2, 0.25) is 5.02 Å². The minimum Gasteiger partial charge on any atom is -0.491 e. The topological polar surface area (TPSA) is 67.0 Å². The first-order valence-corrected chi connectivity index (χ1v) is 7.28. The molecule has 6 heteroatoms. The van der Waals surface area contributed by atoms with Crippen molar-refractivity contribution in [3.05, 3.63) is 47.2 Å². The van der Waals surface area contributed by atoms with Crippen molar-refractivity contribution in [2.75, 3.05) is 13.2 Å². The van der Waals surface area contributed by atoms with Gasteiger partial charge in [-0.3, -0.25) is 4.79 Å². The van der Waals surface area contributed by atoms with Crippen LogP contribution < -0.4 is 10.1 Å². The van der Waals surface area contributed by atoms with Gasteiger partial charge in [-0.2, -0.15) is 0 Å². The molecule has 0 fully saturated rings. The summed E-state index contributed by atoms with van der Waals surface area (Å²) in [6.45, 7) is 0.973. The number of amides is 1. The lowest BCUT2D eigenvalue weighted by atomic mass is 10.0. The summed E-state index contributed by atoms with van der Waals surface area (Å²) in [6.07, 6.45) is 1.63. The van der Waals surface area contributed by atoms with E-state index in [1.165, 1.54) is 0 Å². The third-order valence-electron chi connectivity index (χ3n) is 3.69. The number of nitrogens with one attached hydrogen (secondary N) is 2. The first-order chi connectivity index (χ1) is 10.7. The molecule has 0 bridgehead atoms. The number of fused-ring (bicyclic) bond motifs is 2. The van der Waals surface area contributed by atoms with Gasteiger partial charge in [-0.15, -0.1) is 0 Å². The summed E-state index contributed by atoms with van der Waals surface area (Å²) >= 11 is 6.37. The van der Waals surface area contributed by atoms with Gasteiger partial charge < -0.3 is 15.0 Å². The summed E-state index contributed by atoms with van der Waals surface area (Å²) in [5, 5.41) is 3.41. The highest BCUT2D eigenvalue weighted by atomic mass is 35.5. The molecule has 0 atom stereocenters. The summed E-state index contributed by atoms with van der Waals surface area (Å²) in [4.78, 5) is 19.4. The third-order valence-corrected chi connectivity index (χ3v) is 4.00. The minimum atomic E-state index is -0.133. The fourth-order valence-corrected chi connectivity index (χ4v) is 2.87. The van der Waals surface area contributed by atoms with E-state index in [1.807, 2.05) is 18.2 Å². The first-order valence-electron chi connectivity index (χ1n) is 6.90. The molecule has 5 nitrogen and oxygen atoms in total. The third kappa shape index (κ3) is 2.10. The molecule has 1 amide bonds. The fraction of sp³-hybridized carbons (Fsp3) is 0.125. The molecule has 2 heterocycles. The molecular weight excluding hydrogens is 302 g/mol. The van der Waals surface area contributed by atoms with E-state index in [-0.39, 0.29) is 5.91 Å². The Balaban J connectivity index is 1.88. The lowest BCUT2D eigenvalue weighted by molar-refractivity contribution is 0.0957. The molecule has 0 saturated heterocycles. The molecule has 0 aliphatic carbocycles. The molecule has 2 aromatic carbocycles. The smallest absolute Gasteiger partial charge is 0.255 e. The second-order valence-electron chi connectivity index (χ2n) is 5.07. The van der Waals surface area contributed by atoms with E-state index in [0.717, 1.165) is 22.2 Å². The highest BCUT2D eigenvalue weighted by Gasteiger charge is 2.18. The molecule has 0 radical (unpaired) electrons. The Morgan fingerprint density at radius 3 is 3.00 bits per heavy atom. The molecule has 1 aliphatic rings. The van der Waals surface area contributed by atoms with Gasteiger partial charge in [0.25, 0.3) is 5.91 Å². The maximum atomic E-state index is 12.1. The number of aromatic amines is 1. The molecule has 22 heavy (non-hydrogen) atoms. The maximum Gasteiger partial charge on any atom is 0.255 e. The van der Waals surface area contributed by atoms with Crippen LogP contribution in [0, 0.1) is 0 Å². The Morgan fingerprint density at radius 1 is 1.18 bits per heavy atom. The SMILES string of the molecule is O=C1NCCOc2ccc(-c3cc4nc[nH]c4cc3Cl)cc21. The van der Waals surface area contributed by atoms with Crippen LogP contribution in [0.3, 0.4) is 0 Å². The van der Waals surface area contributed by atoms with Crippen molar-refractivity contribution in [2.45, 2.75) is 0 Å². The van der Waals surface area contributed by atoms with Gasteiger partial charge in [-0.25, -0.2) is 4.98 Å². The summed E-state index contributed by atoms with van der Waals surface area (Å²) in [5.41, 5.74) is 3.92. The van der Waals surface area contributed by atoms with Crippen molar-refractivity contribution < 1.29 is 9.53 Å². The largest absolute Gasteiger partial charge is 0.491 e. The molecule has 110 valence electrons. The number of imidazole rings is 1. The lowest BCUT2D eigenvalue weighted by Gasteiger charge is -2.09. The second kappa shape index (κ2) is 5.03. The number of rotatable bonds is 1. The van der Waals surface area contributed by atoms with E-state index in [0.29, 0.717) is 29.5 Å². The number of hydrogen-bond donors (Lipinski definition) is 2. The molecule has 1 aromatic heterocycles. The molecule has 0 saturated carbocycles. The number of carbonyl (C=O) groups excluding carboxylic acids is 1. The molecule has 0 spiro atoms. The van der Waals surface area contributed by atoms with Gasteiger partial charge in [0.1, 0.15) is 12.4 Å². The van der Waals surface area contributed by atoms with Crippen LogP contribution in [0.25, 0.3) is 22.2 Å². The zero-order valence-electron chi connectivity index (χ0n) is 11.5. The predicted molar refractivity (Wildman–Crippen MR) is 84.4 cm³/mol. The van der Waals surface area contributed by atoms with Crippen molar-refractivity contribution in [1.29, 1.82) is 0 Å². The number of H-pyrrole nitrogens is 1. The van der Waals surface area contributed by atoms with Crippen molar-refractivity contribution in [1.82, 2.24) is 15.3 Å². The lowest BCUT2D eigenvalue weighted by Crippen LogP contribution is -2.24. The van der Waals surface area contributed by atoms with Crippen LogP contribution in [-0.4, -0.2) is 29.0 Å². The van der Waals surface area contributed by atoms with Crippen LogP contribution in [0.4, 0.5) is 0 Å². The maximum absolute atomic E-state index is 12.1. The van der Waals surface area contributed by atoms with Gasteiger partial charge in [-0.1, -0.05) is 17.7 Å². The van der Waals surface area contributed by atoms with Gasteiger partial charge in [0.05, 0.1) is 34.5 Å². The van der Waals surface area contributed by atoms with E-state index in [2.05, 4.69) is 15.3 Å². The van der Waals surface area contributed by atoms with Gasteiger partial charge in [0.2, 0.25) is 0 Å². The number of nitrogens with zero attached hydrogens (tertiary/aromatic N) is 1. The normalized spacial score (nSPS) is 14.1. The van der Waals surface area contributed by atoms with E-state index < -0.39 is 0 Å². The number of halogens is 1. The Morgan fingerprint density at radius 2 is 2.09 bits per heavy atom. The van der Waals surface area contributed by atoms with E-state index in [9.17, 15) is 4.79 Å². The van der Waals surface area contributed by atoms with Crippen LogP contribution >= 0.6 is 11.6 Å². The van der Waals surface area contributed by atoms with E-state index in [4.69, 9.17) is 16.3 Å². The first kappa shape index (κ1) is 13.2. The van der Waals surface area contributed by atoms with Crippen LogP contribution in [0.15, 0.2) is 36.7 Å². The molecule has 0 unspecified atom stereocenters. The Bertz CT molecular complexity index is 888. The number of carbonyl (C=O) groups is 1. The summed E-state index contributed by atoms with van der Waals surface area (Å²) in [6, 6.07) is 9.25. The van der Waals surface area contributed by atoms with Gasteiger partial charge in [-0.05, 0) is 29.8 Å². The van der Waals surface area contributed by atoms with Crippen LogP contribution in [-0.2, 0) is 0 Å². The monoisotopic (exact) mass is 313 g/mol. The second-order valence-corrected chi connectivity index (χ2v) is 5.47. The van der Waals surface area contributed by atoms with Gasteiger partial charge in [0, 0.05) is 5.56 Å². The Labute approximate surface area is 131 Å². The van der Waals surface area contributed by atoms with Crippen molar-refractivity contribution in [3.8, 4) is 16.9 Å². The minimum absolute atomic E-state index is 0.133. The zero-order valence-corrected chi connectivity index (χ0v) is 12.3. The van der Waals surface area contributed by atoms with Gasteiger partial charge >= 0.3 is 0 Å². The zero-order chi connectivity index (χ0) is 15.1.